The lowest BCUT2D eigenvalue weighted by atomic mass is 10.2. The molecule has 106 valence electrons. The predicted octanol–water partition coefficient (Wildman–Crippen LogP) is 2.30. The van der Waals surface area contributed by atoms with Crippen molar-refractivity contribution in [3.05, 3.63) is 47.7 Å². The van der Waals surface area contributed by atoms with Gasteiger partial charge in [-0.2, -0.15) is 10.4 Å². The highest BCUT2D eigenvalue weighted by atomic mass is 16.6. The predicted molar refractivity (Wildman–Crippen MR) is 75.5 cm³/mol. The zero-order chi connectivity index (χ0) is 14.7. The van der Waals surface area contributed by atoms with Crippen molar-refractivity contribution in [1.82, 2.24) is 9.78 Å². The molecule has 0 saturated heterocycles. The smallest absolute Gasteiger partial charge is 0.415 e. The molecular formula is C15H14N4O2. The number of aryl methyl sites for hydroxylation is 1. The fourth-order valence-corrected chi connectivity index (χ4v) is 2.37. The van der Waals surface area contributed by atoms with Crippen LogP contribution in [0.1, 0.15) is 17.5 Å². The van der Waals surface area contributed by atoms with Crippen LogP contribution in [0.5, 0.6) is 0 Å². The first kappa shape index (κ1) is 13.2. The van der Waals surface area contributed by atoms with Gasteiger partial charge in [0.05, 0.1) is 6.20 Å². The van der Waals surface area contributed by atoms with Crippen LogP contribution in [-0.2, 0) is 17.9 Å². The summed E-state index contributed by atoms with van der Waals surface area (Å²) in [4.78, 5) is 13.7. The monoisotopic (exact) mass is 282 g/mol. The Balaban J connectivity index is 1.75. The number of nitriles is 1. The largest absolute Gasteiger partial charge is 0.444 e. The summed E-state index contributed by atoms with van der Waals surface area (Å²) >= 11 is 0. The van der Waals surface area contributed by atoms with Crippen molar-refractivity contribution < 1.29 is 9.53 Å². The van der Waals surface area contributed by atoms with Gasteiger partial charge >= 0.3 is 6.09 Å². The molecule has 0 bridgehead atoms. The Kier molecular flexibility index (Phi) is 3.56. The number of fused-ring (bicyclic) bond motifs is 1. The minimum atomic E-state index is -0.447. The van der Waals surface area contributed by atoms with Crippen LogP contribution in [0, 0.1) is 11.3 Å². The van der Waals surface area contributed by atoms with Crippen molar-refractivity contribution in [3.63, 3.8) is 0 Å². The summed E-state index contributed by atoms with van der Waals surface area (Å²) < 4.78 is 7.00. The van der Waals surface area contributed by atoms with E-state index in [1.165, 1.54) is 11.1 Å². The third-order valence-electron chi connectivity index (χ3n) is 3.36. The number of ether oxygens (including phenoxy) is 1. The minimum absolute atomic E-state index is 0.214. The molecule has 0 unspecified atom stereocenters. The van der Waals surface area contributed by atoms with E-state index in [2.05, 4.69) is 11.2 Å². The third kappa shape index (κ3) is 2.58. The Labute approximate surface area is 122 Å². The van der Waals surface area contributed by atoms with E-state index >= 15 is 0 Å². The quantitative estimate of drug-likeness (QED) is 0.847. The van der Waals surface area contributed by atoms with E-state index in [1.807, 2.05) is 30.3 Å². The lowest BCUT2D eigenvalue weighted by Crippen LogP contribution is -2.38. The van der Waals surface area contributed by atoms with E-state index in [0.29, 0.717) is 24.5 Å². The number of hydrogen-bond donors (Lipinski definition) is 0. The van der Waals surface area contributed by atoms with Gasteiger partial charge in [-0.3, -0.25) is 4.90 Å². The summed E-state index contributed by atoms with van der Waals surface area (Å²) in [5.41, 5.74) is 1.32. The van der Waals surface area contributed by atoms with Gasteiger partial charge in [-0.05, 0) is 12.0 Å². The van der Waals surface area contributed by atoms with Crippen molar-refractivity contribution in [2.24, 2.45) is 0 Å². The maximum atomic E-state index is 12.3. The Bertz CT molecular complexity index is 687. The summed E-state index contributed by atoms with van der Waals surface area (Å²) in [6.07, 6.45) is 1.83. The van der Waals surface area contributed by atoms with Crippen molar-refractivity contribution >= 4 is 11.9 Å². The Morgan fingerprint density at radius 2 is 2.14 bits per heavy atom. The van der Waals surface area contributed by atoms with E-state index in [1.54, 1.807) is 4.68 Å². The summed E-state index contributed by atoms with van der Waals surface area (Å²) in [7, 11) is 0. The zero-order valence-electron chi connectivity index (χ0n) is 11.4. The van der Waals surface area contributed by atoms with Gasteiger partial charge in [0.15, 0.2) is 5.82 Å². The fourth-order valence-electron chi connectivity index (χ4n) is 2.37. The molecular weight excluding hydrogens is 268 g/mol. The summed E-state index contributed by atoms with van der Waals surface area (Å²) in [5, 5.41) is 13.2. The average molecular weight is 282 g/mol. The number of carbonyl (C=O) groups excluding carboxylic acids is 1. The highest BCUT2D eigenvalue weighted by Crippen LogP contribution is 2.25. The molecule has 1 aliphatic rings. The maximum Gasteiger partial charge on any atom is 0.415 e. The van der Waals surface area contributed by atoms with Gasteiger partial charge in [0.1, 0.15) is 18.2 Å². The minimum Gasteiger partial charge on any atom is -0.444 e. The number of benzene rings is 1. The van der Waals surface area contributed by atoms with Gasteiger partial charge < -0.3 is 4.74 Å². The van der Waals surface area contributed by atoms with E-state index in [0.717, 1.165) is 12.0 Å². The van der Waals surface area contributed by atoms with Gasteiger partial charge in [-0.15, -0.1) is 0 Å². The maximum absolute atomic E-state index is 12.3. The normalized spacial score (nSPS) is 13.4. The van der Waals surface area contributed by atoms with Crippen LogP contribution in [0.3, 0.4) is 0 Å². The Morgan fingerprint density at radius 1 is 1.33 bits per heavy atom. The topological polar surface area (TPSA) is 71.2 Å². The first-order chi connectivity index (χ1) is 10.3. The second-order valence-electron chi connectivity index (χ2n) is 4.76. The van der Waals surface area contributed by atoms with Crippen LogP contribution in [0.2, 0.25) is 0 Å². The SMILES string of the molecule is N#Cc1cnn2c1N(C(=O)OCc1ccccc1)CCC2. The molecule has 0 radical (unpaired) electrons. The molecule has 1 aromatic heterocycles. The van der Waals surface area contributed by atoms with Crippen LogP contribution in [-0.4, -0.2) is 22.4 Å². The molecule has 0 saturated carbocycles. The van der Waals surface area contributed by atoms with Crippen LogP contribution in [0.15, 0.2) is 36.5 Å². The number of rotatable bonds is 2. The standard InChI is InChI=1S/C15H14N4O2/c16-9-13-10-17-19-8-4-7-18(14(13)19)15(20)21-11-12-5-2-1-3-6-12/h1-3,5-6,10H,4,7-8,11H2. The van der Waals surface area contributed by atoms with Crippen LogP contribution in [0.25, 0.3) is 0 Å². The first-order valence-corrected chi connectivity index (χ1v) is 6.73. The van der Waals surface area contributed by atoms with Crippen LogP contribution < -0.4 is 4.90 Å². The molecule has 6 nitrogen and oxygen atoms in total. The molecule has 0 N–H and O–H groups in total. The lowest BCUT2D eigenvalue weighted by Gasteiger charge is -2.27. The number of aromatic nitrogens is 2. The second kappa shape index (κ2) is 5.67. The molecule has 6 heteroatoms. The summed E-state index contributed by atoms with van der Waals surface area (Å²) in [5.74, 6) is 0.529. The third-order valence-corrected chi connectivity index (χ3v) is 3.36. The number of hydrogen-bond acceptors (Lipinski definition) is 4. The lowest BCUT2D eigenvalue weighted by molar-refractivity contribution is 0.145. The molecule has 3 rings (SSSR count). The molecule has 0 aliphatic carbocycles. The Morgan fingerprint density at radius 3 is 2.90 bits per heavy atom. The molecule has 21 heavy (non-hydrogen) atoms. The van der Waals surface area contributed by atoms with Crippen molar-refractivity contribution in [2.45, 2.75) is 19.6 Å². The molecule has 2 aromatic rings. The number of anilines is 1. The van der Waals surface area contributed by atoms with Gasteiger partial charge in [0, 0.05) is 13.1 Å². The van der Waals surface area contributed by atoms with E-state index in [9.17, 15) is 4.79 Å². The molecule has 1 amide bonds. The molecule has 0 atom stereocenters. The average Bonchev–Trinajstić information content (AvgIpc) is 2.96. The molecule has 2 heterocycles. The number of carbonyl (C=O) groups is 1. The Hall–Kier alpha value is -2.81. The van der Waals surface area contributed by atoms with Crippen molar-refractivity contribution in [2.75, 3.05) is 11.4 Å². The van der Waals surface area contributed by atoms with Crippen molar-refractivity contribution in [1.29, 1.82) is 5.26 Å². The number of nitrogens with zero attached hydrogens (tertiary/aromatic N) is 4. The first-order valence-electron chi connectivity index (χ1n) is 6.73. The zero-order valence-corrected chi connectivity index (χ0v) is 11.4. The fraction of sp³-hybridized carbons (Fsp3) is 0.267. The van der Waals surface area contributed by atoms with Gasteiger partial charge in [-0.25, -0.2) is 9.48 Å². The van der Waals surface area contributed by atoms with Gasteiger partial charge in [0.25, 0.3) is 0 Å². The second-order valence-corrected chi connectivity index (χ2v) is 4.76. The summed E-state index contributed by atoms with van der Waals surface area (Å²) in [6, 6.07) is 11.6. The van der Waals surface area contributed by atoms with Gasteiger partial charge in [-0.1, -0.05) is 30.3 Å². The van der Waals surface area contributed by atoms with E-state index in [4.69, 9.17) is 10.00 Å². The van der Waals surface area contributed by atoms with E-state index in [-0.39, 0.29) is 6.61 Å². The van der Waals surface area contributed by atoms with Gasteiger partial charge in [0.2, 0.25) is 0 Å². The molecule has 0 fully saturated rings. The summed E-state index contributed by atoms with van der Waals surface area (Å²) in [6.45, 7) is 1.46. The van der Waals surface area contributed by atoms with Crippen LogP contribution >= 0.6 is 0 Å². The van der Waals surface area contributed by atoms with E-state index < -0.39 is 6.09 Å². The highest BCUT2D eigenvalue weighted by molar-refractivity contribution is 5.88. The molecule has 1 aromatic carbocycles. The highest BCUT2D eigenvalue weighted by Gasteiger charge is 2.27. The molecule has 0 spiro atoms. The number of amides is 1. The van der Waals surface area contributed by atoms with Crippen LogP contribution in [0.4, 0.5) is 10.6 Å². The van der Waals surface area contributed by atoms with Crippen molar-refractivity contribution in [3.8, 4) is 6.07 Å². The molecule has 1 aliphatic heterocycles.